The van der Waals surface area contributed by atoms with Crippen LogP contribution in [0, 0.1) is 17.4 Å². The van der Waals surface area contributed by atoms with Crippen molar-refractivity contribution in [1.82, 2.24) is 15.4 Å². The number of ether oxygens (including phenoxy) is 1. The van der Waals surface area contributed by atoms with Crippen LogP contribution in [0.2, 0.25) is 0 Å². The number of phenolic OH excluding ortho intramolecular Hbond substituents is 1. The van der Waals surface area contributed by atoms with Crippen molar-refractivity contribution in [2.45, 2.75) is 25.2 Å². The normalized spacial score (nSPS) is 17.0. The van der Waals surface area contributed by atoms with Gasteiger partial charge in [-0.2, -0.15) is 5.10 Å². The van der Waals surface area contributed by atoms with Crippen molar-refractivity contribution in [3.63, 3.8) is 0 Å². The number of H-pyrrole nitrogens is 1. The molecule has 1 amide bonds. The minimum Gasteiger partial charge on any atom is -0.510 e. The molecule has 0 saturated carbocycles. The number of amides is 1. The lowest BCUT2D eigenvalue weighted by Crippen LogP contribution is -2.51. The van der Waals surface area contributed by atoms with Gasteiger partial charge in [-0.15, -0.1) is 11.3 Å². The first-order chi connectivity index (χ1) is 21.9. The summed E-state index contributed by atoms with van der Waals surface area (Å²) in [6.45, 7) is 1.75. The summed E-state index contributed by atoms with van der Waals surface area (Å²) in [5, 5.41) is 37.9. The third-order valence-electron chi connectivity index (χ3n) is 8.50. The molecular formula is C31H20N4O10S. The molecule has 1 unspecified atom stereocenters. The molecular weight excluding hydrogens is 620 g/mol. The molecule has 0 fully saturated rings. The summed E-state index contributed by atoms with van der Waals surface area (Å²) in [6.07, 6.45) is 1.19. The van der Waals surface area contributed by atoms with Gasteiger partial charge in [-0.05, 0) is 36.8 Å². The van der Waals surface area contributed by atoms with Crippen LogP contribution in [-0.4, -0.2) is 44.5 Å². The second-order valence-corrected chi connectivity index (χ2v) is 12.0. The predicted octanol–water partition coefficient (Wildman–Crippen LogP) is -0.957. The Morgan fingerprint density at radius 1 is 1.02 bits per heavy atom. The molecule has 0 saturated heterocycles. The number of hydrogen-bond donors (Lipinski definition) is 5. The maximum absolute atomic E-state index is 13.6. The fourth-order valence-electron chi connectivity index (χ4n) is 6.52. The van der Waals surface area contributed by atoms with Gasteiger partial charge in [0.2, 0.25) is 16.3 Å². The van der Waals surface area contributed by atoms with Crippen molar-refractivity contribution in [1.29, 1.82) is 0 Å². The average Bonchev–Trinajstić information content (AvgIpc) is 3.68. The van der Waals surface area contributed by atoms with Crippen LogP contribution >= 0.6 is 11.3 Å². The highest BCUT2D eigenvalue weighted by molar-refractivity contribution is 7.09. The molecule has 0 aliphatic heterocycles. The molecule has 1 atom stereocenters. The van der Waals surface area contributed by atoms with Gasteiger partial charge in [0.15, 0.2) is 11.2 Å². The number of hydrogen-bond acceptors (Lipinski definition) is 13. The monoisotopic (exact) mass is 640 g/mol. The summed E-state index contributed by atoms with van der Waals surface area (Å²) >= 11 is 1.29. The Labute approximate surface area is 257 Å². The molecule has 46 heavy (non-hydrogen) atoms. The van der Waals surface area contributed by atoms with E-state index in [1.807, 2.05) is 0 Å². The first-order valence-electron chi connectivity index (χ1n) is 13.6. The number of methoxy groups -OCH3 is 1. The van der Waals surface area contributed by atoms with Crippen LogP contribution < -0.4 is 47.9 Å². The van der Waals surface area contributed by atoms with Crippen LogP contribution in [0.15, 0.2) is 52.7 Å². The standard InChI is InChI=1S/C31H20N4O10S/c1-10-33-14(9-46-10)29(43)35-32-8-13-6-12-5-11-3-4-31(22(11)26(40)17(12)30(44)34-13)27(41)20-21(28(31)42)25(39)19-18(24(20)38)15(36)7-16(45-2)23(19)37/h5-9,40-42H,3-4H2,1-2H3,(H,34,44)(H,35,43). The highest BCUT2D eigenvalue weighted by atomic mass is 32.1. The molecule has 0 bridgehead atoms. The van der Waals surface area contributed by atoms with Crippen molar-refractivity contribution >= 4 is 45.7 Å². The topological polar surface area (TPSA) is 225 Å². The average molecular weight is 641 g/mol. The zero-order chi connectivity index (χ0) is 32.8. The SMILES string of the molecule is COc1cc(=O)c2c(=O)c3c(c(=O)c=2c1=O)=C(O)C1(CCc2cc4cc(C=NNC(=O)c5csc(C)n5)[nH]c(=O)c4c(O)c21)C=3O. The largest absolute Gasteiger partial charge is 0.510 e. The summed E-state index contributed by atoms with van der Waals surface area (Å²) in [6, 6.07) is 3.81. The number of rotatable bonds is 4. The number of aryl methyl sites for hydroxylation is 2. The fraction of sp³-hybridized carbons (Fsp3) is 0.161. The number of aromatic hydroxyl groups is 1. The molecule has 7 rings (SSSR count). The van der Waals surface area contributed by atoms with Gasteiger partial charge < -0.3 is 25.0 Å². The molecule has 230 valence electrons. The molecule has 1 aromatic carbocycles. The van der Waals surface area contributed by atoms with Gasteiger partial charge in [-0.3, -0.25) is 28.8 Å². The number of aromatic amines is 1. The second kappa shape index (κ2) is 9.77. The zero-order valence-corrected chi connectivity index (χ0v) is 24.6. The molecule has 0 radical (unpaired) electrons. The lowest BCUT2D eigenvalue weighted by Gasteiger charge is -2.27. The van der Waals surface area contributed by atoms with E-state index >= 15 is 0 Å². The van der Waals surface area contributed by atoms with E-state index in [0.717, 1.165) is 13.2 Å². The molecule has 4 aliphatic rings. The van der Waals surface area contributed by atoms with Crippen LogP contribution in [0.4, 0.5) is 0 Å². The maximum Gasteiger partial charge on any atom is 0.290 e. The number of aromatic nitrogens is 2. The first-order valence-corrected chi connectivity index (χ1v) is 14.5. The van der Waals surface area contributed by atoms with Crippen molar-refractivity contribution in [2.24, 2.45) is 5.10 Å². The number of thiazole rings is 1. The van der Waals surface area contributed by atoms with Crippen LogP contribution in [0.1, 0.15) is 38.7 Å². The van der Waals surface area contributed by atoms with E-state index in [2.05, 4.69) is 20.5 Å². The molecule has 5 N–H and O–H groups in total. The molecule has 14 nitrogen and oxygen atoms in total. The van der Waals surface area contributed by atoms with E-state index in [0.29, 0.717) is 10.6 Å². The van der Waals surface area contributed by atoms with Gasteiger partial charge in [0.1, 0.15) is 28.4 Å². The smallest absolute Gasteiger partial charge is 0.290 e. The van der Waals surface area contributed by atoms with E-state index in [9.17, 15) is 44.1 Å². The number of carbonyl (C=O) groups excluding carboxylic acids is 1. The van der Waals surface area contributed by atoms with Gasteiger partial charge >= 0.3 is 0 Å². The lowest BCUT2D eigenvalue weighted by atomic mass is 9.78. The molecule has 4 aliphatic carbocycles. The van der Waals surface area contributed by atoms with Gasteiger partial charge in [0, 0.05) is 17.0 Å². The summed E-state index contributed by atoms with van der Waals surface area (Å²) in [7, 11) is 1.11. The first kappa shape index (κ1) is 28.8. The van der Waals surface area contributed by atoms with Crippen LogP contribution in [0.3, 0.4) is 0 Å². The van der Waals surface area contributed by atoms with Crippen LogP contribution in [0.5, 0.6) is 11.5 Å². The lowest BCUT2D eigenvalue weighted by molar-refractivity contribution is 0.0950. The van der Waals surface area contributed by atoms with Gasteiger partial charge in [-0.1, -0.05) is 6.07 Å². The number of phenols is 1. The Kier molecular flexibility index (Phi) is 6.11. The quantitative estimate of drug-likeness (QED) is 0.119. The van der Waals surface area contributed by atoms with E-state index in [-0.39, 0.29) is 40.6 Å². The van der Waals surface area contributed by atoms with Crippen molar-refractivity contribution in [3.8, 4) is 11.5 Å². The van der Waals surface area contributed by atoms with E-state index in [4.69, 9.17) is 4.74 Å². The van der Waals surface area contributed by atoms with Gasteiger partial charge in [0.05, 0.1) is 50.3 Å². The van der Waals surface area contributed by atoms with Crippen LogP contribution in [0.25, 0.3) is 22.3 Å². The number of benzene rings is 1. The van der Waals surface area contributed by atoms with Gasteiger partial charge in [0.25, 0.3) is 11.5 Å². The molecule has 15 heteroatoms. The highest BCUT2D eigenvalue weighted by Gasteiger charge is 2.53. The Morgan fingerprint density at radius 2 is 1.72 bits per heavy atom. The third-order valence-corrected chi connectivity index (χ3v) is 9.27. The summed E-state index contributed by atoms with van der Waals surface area (Å²) < 4.78 is 4.89. The Hall–Kier alpha value is -5.96. The van der Waals surface area contributed by atoms with Crippen molar-refractivity contribution in [2.75, 3.05) is 7.11 Å². The van der Waals surface area contributed by atoms with Crippen LogP contribution in [-0.2, 0) is 11.8 Å². The zero-order valence-electron chi connectivity index (χ0n) is 23.8. The number of carbonyl (C=O) groups is 1. The van der Waals surface area contributed by atoms with E-state index in [1.54, 1.807) is 18.4 Å². The van der Waals surface area contributed by atoms with Gasteiger partial charge in [-0.25, -0.2) is 10.4 Å². The molecule has 1 spiro atoms. The molecule has 2 aromatic heterocycles. The summed E-state index contributed by atoms with van der Waals surface area (Å²) in [5.41, 5.74) is -4.14. The van der Waals surface area contributed by atoms with E-state index < -0.39 is 82.5 Å². The number of aliphatic hydroxyl groups excluding tert-OH is 2. The summed E-state index contributed by atoms with van der Waals surface area (Å²) in [5.74, 6) is -3.22. The number of nitrogens with zero attached hydrogens (tertiary/aromatic N) is 2. The second-order valence-electron chi connectivity index (χ2n) is 10.9. The Bertz CT molecular complexity index is 2740. The molecule has 2 heterocycles. The van der Waals surface area contributed by atoms with Crippen molar-refractivity contribution < 1.29 is 24.9 Å². The predicted molar refractivity (Wildman–Crippen MR) is 165 cm³/mol. The van der Waals surface area contributed by atoms with Crippen molar-refractivity contribution in [3.05, 3.63) is 123 Å². The number of fused-ring (bicyclic) bond motifs is 4. The summed E-state index contributed by atoms with van der Waals surface area (Å²) in [4.78, 5) is 85.0. The number of aliphatic hydroxyl groups is 2. The fourth-order valence-corrected chi connectivity index (χ4v) is 7.12. The minimum absolute atomic E-state index is 0.103. The Morgan fingerprint density at radius 3 is 2.37 bits per heavy atom. The minimum atomic E-state index is -2.01. The number of pyridine rings is 1. The van der Waals surface area contributed by atoms with E-state index in [1.165, 1.54) is 23.6 Å². The number of hydrazone groups is 1. The maximum atomic E-state index is 13.6. The highest BCUT2D eigenvalue weighted by Crippen LogP contribution is 2.54. The Balaban J connectivity index is 1.41. The molecule has 3 aromatic rings. The third kappa shape index (κ3) is 3.68. The number of nitrogens with one attached hydrogen (secondary N) is 2.